The van der Waals surface area contributed by atoms with Gasteiger partial charge in [-0.1, -0.05) is 24.6 Å². The first-order valence-electron chi connectivity index (χ1n) is 5.04. The van der Waals surface area contributed by atoms with E-state index in [4.69, 9.17) is 16.9 Å². The Morgan fingerprint density at radius 2 is 2.00 bits per heavy atom. The van der Waals surface area contributed by atoms with E-state index in [1.807, 2.05) is 44.2 Å². The van der Waals surface area contributed by atoms with Gasteiger partial charge in [0.05, 0.1) is 16.9 Å². The standard InChI is InChI=1S/C12H14ClNOS/c1-9-3-5-11(6-4-9)16(15)12(13)10(2)7-8-14/h3-6,10,12H,7H2,1-2H3. The van der Waals surface area contributed by atoms with Crippen molar-refractivity contribution in [3.8, 4) is 6.07 Å². The smallest absolute Gasteiger partial charge is 0.117 e. The zero-order valence-electron chi connectivity index (χ0n) is 9.31. The summed E-state index contributed by atoms with van der Waals surface area (Å²) in [4.78, 5) is 0.718. The second-order valence-corrected chi connectivity index (χ2v) is 6.10. The third-order valence-electron chi connectivity index (χ3n) is 2.32. The van der Waals surface area contributed by atoms with Gasteiger partial charge < -0.3 is 0 Å². The van der Waals surface area contributed by atoms with Gasteiger partial charge in [-0.15, -0.1) is 11.6 Å². The van der Waals surface area contributed by atoms with Crippen LogP contribution in [0.5, 0.6) is 0 Å². The average molecular weight is 256 g/mol. The minimum Gasteiger partial charge on any atom is -0.253 e. The van der Waals surface area contributed by atoms with Crippen LogP contribution in [-0.2, 0) is 10.8 Å². The number of halogens is 1. The molecule has 0 aliphatic carbocycles. The molecule has 0 aromatic heterocycles. The van der Waals surface area contributed by atoms with Gasteiger partial charge >= 0.3 is 0 Å². The Kier molecular flexibility index (Phi) is 4.98. The minimum absolute atomic E-state index is 0.0752. The predicted molar refractivity (Wildman–Crippen MR) is 66.6 cm³/mol. The molecule has 1 aromatic rings. The molecule has 16 heavy (non-hydrogen) atoms. The molecule has 0 spiro atoms. The van der Waals surface area contributed by atoms with Crippen molar-refractivity contribution in [3.63, 3.8) is 0 Å². The molecule has 0 amide bonds. The molecule has 0 radical (unpaired) electrons. The fourth-order valence-corrected chi connectivity index (χ4v) is 2.83. The SMILES string of the molecule is Cc1ccc(S(=O)C(Cl)C(C)CC#N)cc1. The molecular weight excluding hydrogens is 242 g/mol. The molecule has 0 aliphatic rings. The van der Waals surface area contributed by atoms with Gasteiger partial charge in [0.2, 0.25) is 0 Å². The van der Waals surface area contributed by atoms with E-state index >= 15 is 0 Å². The molecule has 0 N–H and O–H groups in total. The van der Waals surface area contributed by atoms with E-state index in [2.05, 4.69) is 0 Å². The van der Waals surface area contributed by atoms with Crippen LogP contribution in [0.25, 0.3) is 0 Å². The molecule has 86 valence electrons. The highest BCUT2D eigenvalue weighted by molar-refractivity contribution is 7.87. The lowest BCUT2D eigenvalue weighted by molar-refractivity contribution is 0.621. The number of rotatable bonds is 4. The molecule has 3 atom stereocenters. The van der Waals surface area contributed by atoms with E-state index in [1.54, 1.807) is 0 Å². The average Bonchev–Trinajstić information content (AvgIpc) is 2.28. The minimum atomic E-state index is -1.25. The second-order valence-electron chi connectivity index (χ2n) is 3.80. The van der Waals surface area contributed by atoms with Gasteiger partial charge in [-0.3, -0.25) is 4.21 Å². The summed E-state index contributed by atoms with van der Waals surface area (Å²) in [6.07, 6.45) is 0.325. The van der Waals surface area contributed by atoms with Crippen LogP contribution in [0.15, 0.2) is 29.2 Å². The van der Waals surface area contributed by atoms with Gasteiger partial charge in [-0.2, -0.15) is 5.26 Å². The van der Waals surface area contributed by atoms with Crippen molar-refractivity contribution in [2.24, 2.45) is 5.92 Å². The van der Waals surface area contributed by atoms with Crippen molar-refractivity contribution < 1.29 is 4.21 Å². The number of hydrogen-bond donors (Lipinski definition) is 0. The number of hydrogen-bond acceptors (Lipinski definition) is 2. The molecule has 1 aromatic carbocycles. The first-order chi connectivity index (χ1) is 7.56. The summed E-state index contributed by atoms with van der Waals surface area (Å²) in [5.41, 5.74) is 1.12. The molecule has 2 nitrogen and oxygen atoms in total. The summed E-state index contributed by atoms with van der Waals surface area (Å²) in [6.45, 7) is 3.82. The monoisotopic (exact) mass is 255 g/mol. The molecule has 0 heterocycles. The summed E-state index contributed by atoms with van der Waals surface area (Å²) in [5, 5.41) is 8.57. The number of aryl methyl sites for hydroxylation is 1. The Morgan fingerprint density at radius 1 is 1.44 bits per heavy atom. The molecule has 0 aliphatic heterocycles. The van der Waals surface area contributed by atoms with Crippen molar-refractivity contribution in [1.29, 1.82) is 5.26 Å². The second kappa shape index (κ2) is 6.03. The maximum atomic E-state index is 12.0. The van der Waals surface area contributed by atoms with Crippen LogP contribution in [0.4, 0.5) is 0 Å². The molecular formula is C12H14ClNOS. The third kappa shape index (κ3) is 3.33. The van der Waals surface area contributed by atoms with E-state index in [-0.39, 0.29) is 5.92 Å². The van der Waals surface area contributed by atoms with Crippen molar-refractivity contribution in [1.82, 2.24) is 0 Å². The first-order valence-corrected chi connectivity index (χ1v) is 6.69. The third-order valence-corrected chi connectivity index (χ3v) is 4.84. The Morgan fingerprint density at radius 3 is 2.50 bits per heavy atom. The van der Waals surface area contributed by atoms with Crippen molar-refractivity contribution in [2.45, 2.75) is 29.9 Å². The van der Waals surface area contributed by atoms with E-state index in [9.17, 15) is 4.21 Å². The highest BCUT2D eigenvalue weighted by atomic mass is 35.5. The maximum Gasteiger partial charge on any atom is 0.117 e. The first kappa shape index (κ1) is 13.2. The van der Waals surface area contributed by atoms with E-state index < -0.39 is 15.5 Å². The van der Waals surface area contributed by atoms with Crippen molar-refractivity contribution >= 4 is 22.4 Å². The van der Waals surface area contributed by atoms with Gasteiger partial charge in [0.1, 0.15) is 4.71 Å². The molecule has 3 unspecified atom stereocenters. The topological polar surface area (TPSA) is 40.9 Å². The molecule has 0 saturated heterocycles. The van der Waals surface area contributed by atoms with Crippen molar-refractivity contribution in [2.75, 3.05) is 0 Å². The number of nitriles is 1. The van der Waals surface area contributed by atoms with Crippen LogP contribution in [0.1, 0.15) is 18.9 Å². The van der Waals surface area contributed by atoms with Gasteiger partial charge in [0.25, 0.3) is 0 Å². The number of benzene rings is 1. The lowest BCUT2D eigenvalue weighted by Gasteiger charge is -2.14. The van der Waals surface area contributed by atoms with Gasteiger partial charge in [0.15, 0.2) is 0 Å². The van der Waals surface area contributed by atoms with E-state index in [0.29, 0.717) is 6.42 Å². The lowest BCUT2D eigenvalue weighted by atomic mass is 10.1. The summed E-state index contributed by atoms with van der Waals surface area (Å²) in [7, 11) is -1.25. The lowest BCUT2D eigenvalue weighted by Crippen LogP contribution is -2.17. The molecule has 0 fully saturated rings. The van der Waals surface area contributed by atoms with Crippen molar-refractivity contribution in [3.05, 3.63) is 29.8 Å². The van der Waals surface area contributed by atoms with Crippen LogP contribution in [-0.4, -0.2) is 8.92 Å². The summed E-state index contributed by atoms with van der Waals surface area (Å²) >= 11 is 6.08. The molecule has 1 rings (SSSR count). The highest BCUT2D eigenvalue weighted by Crippen LogP contribution is 2.23. The van der Waals surface area contributed by atoms with Gasteiger partial charge in [0, 0.05) is 11.3 Å². The highest BCUT2D eigenvalue weighted by Gasteiger charge is 2.22. The molecule has 0 bridgehead atoms. The fourth-order valence-electron chi connectivity index (χ4n) is 1.25. The van der Waals surface area contributed by atoms with Crippen LogP contribution in [0.2, 0.25) is 0 Å². The van der Waals surface area contributed by atoms with E-state index in [0.717, 1.165) is 10.5 Å². The Labute approximate surface area is 104 Å². The maximum absolute atomic E-state index is 12.0. The van der Waals surface area contributed by atoms with Crippen LogP contribution < -0.4 is 0 Å². The van der Waals surface area contributed by atoms with Gasteiger partial charge in [-0.25, -0.2) is 0 Å². The van der Waals surface area contributed by atoms with Gasteiger partial charge in [-0.05, 0) is 25.0 Å². The zero-order valence-corrected chi connectivity index (χ0v) is 10.9. The Balaban J connectivity index is 2.78. The summed E-state index contributed by atoms with van der Waals surface area (Å²) < 4.78 is 11.5. The number of alkyl halides is 1. The Hall–Kier alpha value is -0.850. The van der Waals surface area contributed by atoms with Crippen LogP contribution >= 0.6 is 11.6 Å². The zero-order chi connectivity index (χ0) is 12.1. The quantitative estimate of drug-likeness (QED) is 0.775. The largest absolute Gasteiger partial charge is 0.253 e. The normalized spacial score (nSPS) is 16.1. The Bertz CT molecular complexity index is 410. The molecule has 0 saturated carbocycles. The molecule has 4 heteroatoms. The number of nitrogens with zero attached hydrogens (tertiary/aromatic N) is 1. The summed E-state index contributed by atoms with van der Waals surface area (Å²) in [5.74, 6) is -0.0752. The fraction of sp³-hybridized carbons (Fsp3) is 0.417. The summed E-state index contributed by atoms with van der Waals surface area (Å²) in [6, 6.07) is 9.50. The van der Waals surface area contributed by atoms with Crippen LogP contribution in [0.3, 0.4) is 0 Å². The predicted octanol–water partition coefficient (Wildman–Crippen LogP) is 3.22. The van der Waals surface area contributed by atoms with E-state index in [1.165, 1.54) is 0 Å². The van der Waals surface area contributed by atoms with Crippen LogP contribution in [0, 0.1) is 24.2 Å².